The van der Waals surface area contributed by atoms with Gasteiger partial charge in [-0.2, -0.15) is 35.5 Å². The zero-order chi connectivity index (χ0) is 20.4. The van der Waals surface area contributed by atoms with E-state index >= 15 is 0 Å². The molecule has 11 heteroatoms. The molecule has 1 heterocycles. The Kier molecular flexibility index (Phi) is 6.36. The topological polar surface area (TPSA) is 76.9 Å². The predicted molar refractivity (Wildman–Crippen MR) is 93.3 cm³/mol. The van der Waals surface area contributed by atoms with Crippen LogP contribution in [-0.2, 0) is 21.1 Å². The van der Waals surface area contributed by atoms with Gasteiger partial charge in [-0.1, -0.05) is 0 Å². The molecule has 0 radical (unpaired) electrons. The molecule has 1 aromatic carbocycles. The van der Waals surface area contributed by atoms with Gasteiger partial charge in [-0.25, -0.2) is 0 Å². The molecule has 0 spiro atoms. The van der Waals surface area contributed by atoms with Gasteiger partial charge in [-0.15, -0.1) is 0 Å². The SMILES string of the molecule is COCC1CN(c2ccc(C#N)c(C(F)(F)F)c2)CCN1S(=O)(=O)N(C)C. The zero-order valence-corrected chi connectivity index (χ0v) is 16.0. The van der Waals surface area contributed by atoms with Crippen molar-refractivity contribution in [2.45, 2.75) is 12.2 Å². The Bertz CT molecular complexity index is 821. The van der Waals surface area contributed by atoms with Crippen molar-refractivity contribution in [1.82, 2.24) is 8.61 Å². The van der Waals surface area contributed by atoms with E-state index in [2.05, 4.69) is 0 Å². The van der Waals surface area contributed by atoms with Crippen molar-refractivity contribution in [2.75, 3.05) is 52.3 Å². The maximum absolute atomic E-state index is 13.2. The third-order valence-electron chi connectivity index (χ3n) is 4.34. The van der Waals surface area contributed by atoms with Gasteiger partial charge in [0.25, 0.3) is 10.2 Å². The molecule has 0 aliphatic carbocycles. The number of ether oxygens (including phenoxy) is 1. The third-order valence-corrected chi connectivity index (χ3v) is 6.34. The minimum Gasteiger partial charge on any atom is -0.383 e. The quantitative estimate of drug-likeness (QED) is 0.741. The first kappa shape index (κ1) is 21.4. The summed E-state index contributed by atoms with van der Waals surface area (Å²) in [6.07, 6.45) is -4.65. The van der Waals surface area contributed by atoms with Crippen LogP contribution in [0.2, 0.25) is 0 Å². The summed E-state index contributed by atoms with van der Waals surface area (Å²) in [7, 11) is 0.588. The van der Waals surface area contributed by atoms with E-state index in [0.717, 1.165) is 16.4 Å². The molecule has 0 saturated carbocycles. The van der Waals surface area contributed by atoms with Crippen LogP contribution in [0.3, 0.4) is 0 Å². The summed E-state index contributed by atoms with van der Waals surface area (Å²) in [5.74, 6) is 0. The molecule has 1 atom stereocenters. The van der Waals surface area contributed by atoms with Crippen LogP contribution in [-0.4, -0.2) is 70.5 Å². The molecule has 1 unspecified atom stereocenters. The minimum atomic E-state index is -4.65. The third kappa shape index (κ3) is 4.52. The summed E-state index contributed by atoms with van der Waals surface area (Å²) in [4.78, 5) is 1.67. The van der Waals surface area contributed by atoms with Crippen molar-refractivity contribution in [3.8, 4) is 6.07 Å². The van der Waals surface area contributed by atoms with Crippen LogP contribution >= 0.6 is 0 Å². The number of benzene rings is 1. The first-order valence-corrected chi connectivity index (χ1v) is 9.46. The molecule has 1 aliphatic rings. The highest BCUT2D eigenvalue weighted by atomic mass is 32.2. The maximum atomic E-state index is 13.2. The number of hydrogen-bond acceptors (Lipinski definition) is 5. The van der Waals surface area contributed by atoms with Crippen molar-refractivity contribution in [3.05, 3.63) is 29.3 Å². The van der Waals surface area contributed by atoms with Gasteiger partial charge in [0.05, 0.1) is 29.8 Å². The van der Waals surface area contributed by atoms with Crippen LogP contribution in [0.5, 0.6) is 0 Å². The zero-order valence-electron chi connectivity index (χ0n) is 15.2. The van der Waals surface area contributed by atoms with Gasteiger partial charge >= 0.3 is 6.18 Å². The van der Waals surface area contributed by atoms with E-state index in [-0.39, 0.29) is 31.9 Å². The summed E-state index contributed by atoms with van der Waals surface area (Å²) >= 11 is 0. The van der Waals surface area contributed by atoms with Crippen LogP contribution in [0.15, 0.2) is 18.2 Å². The molecular weight excluding hydrogens is 385 g/mol. The summed E-state index contributed by atoms with van der Waals surface area (Å²) in [6, 6.07) is 4.49. The Morgan fingerprint density at radius 3 is 2.52 bits per heavy atom. The number of nitrogens with zero attached hydrogens (tertiary/aromatic N) is 4. The predicted octanol–water partition coefficient (Wildman–Crippen LogP) is 1.52. The van der Waals surface area contributed by atoms with Crippen molar-refractivity contribution in [1.29, 1.82) is 5.26 Å². The molecular formula is C16H21F3N4O3S. The summed E-state index contributed by atoms with van der Waals surface area (Å²) < 4.78 is 72.1. The maximum Gasteiger partial charge on any atom is 0.417 e. The number of rotatable bonds is 5. The van der Waals surface area contributed by atoms with Gasteiger partial charge in [0.1, 0.15) is 0 Å². The fourth-order valence-electron chi connectivity index (χ4n) is 2.98. The highest BCUT2D eigenvalue weighted by Gasteiger charge is 2.38. The van der Waals surface area contributed by atoms with Gasteiger partial charge in [0.15, 0.2) is 0 Å². The van der Waals surface area contributed by atoms with E-state index in [1.54, 1.807) is 11.0 Å². The number of methoxy groups -OCH3 is 1. The molecule has 1 fully saturated rings. The first-order chi connectivity index (χ1) is 12.5. The van der Waals surface area contributed by atoms with Gasteiger partial charge in [0, 0.05) is 46.5 Å². The normalized spacial score (nSPS) is 19.3. The Hall–Kier alpha value is -1.87. The number of nitriles is 1. The Morgan fingerprint density at radius 2 is 2.00 bits per heavy atom. The van der Waals surface area contributed by atoms with E-state index in [9.17, 15) is 21.6 Å². The largest absolute Gasteiger partial charge is 0.417 e. The van der Waals surface area contributed by atoms with Gasteiger partial charge < -0.3 is 9.64 Å². The molecule has 0 bridgehead atoms. The monoisotopic (exact) mass is 406 g/mol. The Morgan fingerprint density at radius 1 is 1.33 bits per heavy atom. The van der Waals surface area contributed by atoms with Gasteiger partial charge in [-0.3, -0.25) is 0 Å². The van der Waals surface area contributed by atoms with Crippen LogP contribution in [0.25, 0.3) is 0 Å². The van der Waals surface area contributed by atoms with Crippen LogP contribution < -0.4 is 4.90 Å². The van der Waals surface area contributed by atoms with E-state index in [4.69, 9.17) is 10.00 Å². The number of alkyl halides is 3. The molecule has 1 saturated heterocycles. The van der Waals surface area contributed by atoms with E-state index in [0.29, 0.717) is 0 Å². The molecule has 2 rings (SSSR count). The molecule has 27 heavy (non-hydrogen) atoms. The lowest BCUT2D eigenvalue weighted by Crippen LogP contribution is -2.59. The van der Waals surface area contributed by atoms with Gasteiger partial charge in [-0.05, 0) is 18.2 Å². The Labute approximate surface area is 156 Å². The molecule has 1 aromatic rings. The molecule has 7 nitrogen and oxygen atoms in total. The van der Waals surface area contributed by atoms with E-state index in [1.165, 1.54) is 31.6 Å². The van der Waals surface area contributed by atoms with Crippen molar-refractivity contribution in [2.24, 2.45) is 0 Å². The average Bonchev–Trinajstić information content (AvgIpc) is 2.60. The van der Waals surface area contributed by atoms with Crippen molar-refractivity contribution >= 4 is 15.9 Å². The van der Waals surface area contributed by atoms with E-state index < -0.39 is 33.6 Å². The minimum absolute atomic E-state index is 0.103. The fraction of sp³-hybridized carbons (Fsp3) is 0.562. The van der Waals surface area contributed by atoms with Crippen LogP contribution in [0, 0.1) is 11.3 Å². The molecule has 1 aliphatic heterocycles. The lowest BCUT2D eigenvalue weighted by molar-refractivity contribution is -0.137. The van der Waals surface area contributed by atoms with Crippen molar-refractivity contribution < 1.29 is 26.3 Å². The van der Waals surface area contributed by atoms with Crippen LogP contribution in [0.1, 0.15) is 11.1 Å². The fourth-order valence-corrected chi connectivity index (χ4v) is 4.21. The second-order valence-electron chi connectivity index (χ2n) is 6.30. The van der Waals surface area contributed by atoms with Crippen molar-refractivity contribution in [3.63, 3.8) is 0 Å². The molecule has 0 amide bonds. The number of piperazine rings is 1. The lowest BCUT2D eigenvalue weighted by Gasteiger charge is -2.42. The number of anilines is 1. The number of halogens is 3. The Balaban J connectivity index is 2.34. The summed E-state index contributed by atoms with van der Waals surface area (Å²) in [5.41, 5.74) is -1.17. The van der Waals surface area contributed by atoms with E-state index in [1.807, 2.05) is 0 Å². The summed E-state index contributed by atoms with van der Waals surface area (Å²) in [6.45, 7) is 0.600. The highest BCUT2D eigenvalue weighted by Crippen LogP contribution is 2.35. The first-order valence-electron chi connectivity index (χ1n) is 8.07. The second kappa shape index (κ2) is 8.02. The molecule has 0 aromatic heterocycles. The van der Waals surface area contributed by atoms with Gasteiger partial charge in [0.2, 0.25) is 0 Å². The standard InChI is InChI=1S/C16H21F3N4O3S/c1-21(2)27(24,25)23-7-6-22(10-14(23)11-26-3)13-5-4-12(9-20)15(8-13)16(17,18)19/h4-5,8,14H,6-7,10-11H2,1-3H3. The second-order valence-corrected chi connectivity index (χ2v) is 8.39. The average molecular weight is 406 g/mol. The molecule has 150 valence electrons. The molecule has 0 N–H and O–H groups in total. The summed E-state index contributed by atoms with van der Waals surface area (Å²) in [5, 5.41) is 8.91. The smallest absolute Gasteiger partial charge is 0.383 e. The van der Waals surface area contributed by atoms with Crippen LogP contribution in [0.4, 0.5) is 18.9 Å². The lowest BCUT2D eigenvalue weighted by atomic mass is 10.1. The number of hydrogen-bond donors (Lipinski definition) is 0. The highest BCUT2D eigenvalue weighted by molar-refractivity contribution is 7.86.